The minimum atomic E-state index is 0. The largest absolute Gasteiger partial charge is 2.00 e. The maximum absolute atomic E-state index is 5.54. The number of aryl methyl sites for hydroxylation is 4. The van der Waals surface area contributed by atoms with E-state index in [1.807, 2.05) is 30.3 Å². The third-order valence-corrected chi connectivity index (χ3v) is 3.61. The summed E-state index contributed by atoms with van der Waals surface area (Å²) in [5.74, 6) is 0. The molecular weight excluding hydrogens is 367 g/mol. The van der Waals surface area contributed by atoms with Crippen molar-refractivity contribution in [1.82, 2.24) is 0 Å². The molecule has 0 unspecified atom stereocenters. The van der Waals surface area contributed by atoms with Gasteiger partial charge >= 0.3 is 26.2 Å². The van der Waals surface area contributed by atoms with E-state index < -0.39 is 0 Å². The van der Waals surface area contributed by atoms with Crippen LogP contribution in [-0.2, 0) is 26.2 Å². The molecule has 0 saturated carbocycles. The standard InChI is InChI=1S/2C7H9.C6H5Cl.Zr/c2*1-6-4-3-5-7(6)2;7-6-4-2-1-3-5-6;/h2*3-5H,1-2H3;1-5H;/q2*-1;;+2. The molecule has 3 aromatic carbocycles. The average molecular weight is 390 g/mol. The molecule has 0 fully saturated rings. The molecule has 114 valence electrons. The van der Waals surface area contributed by atoms with Crippen LogP contribution in [0.2, 0.25) is 5.02 Å². The maximum Gasteiger partial charge on any atom is 2.00 e. The fraction of sp³-hybridized carbons (Fsp3) is 0.200. The van der Waals surface area contributed by atoms with Crippen LogP contribution >= 0.6 is 11.6 Å². The first-order chi connectivity index (χ1) is 10.0. The quantitative estimate of drug-likeness (QED) is 0.391. The van der Waals surface area contributed by atoms with Crippen LogP contribution in [0, 0.1) is 27.7 Å². The Hall–Kier alpha value is -0.907. The SMILES string of the molecule is Cc1ccc[c-]1C.Cc1ccc[c-]1C.Clc1ccccc1.[Zr+2]. The van der Waals surface area contributed by atoms with E-state index in [0.29, 0.717) is 0 Å². The summed E-state index contributed by atoms with van der Waals surface area (Å²) in [5, 5.41) is 0.794. The van der Waals surface area contributed by atoms with Crippen molar-refractivity contribution < 1.29 is 26.2 Å². The molecular formula is C20H23ClZr. The van der Waals surface area contributed by atoms with Crippen molar-refractivity contribution in [2.75, 3.05) is 0 Å². The molecule has 0 N–H and O–H groups in total. The minimum Gasteiger partial charge on any atom is -0.213 e. The van der Waals surface area contributed by atoms with E-state index in [1.54, 1.807) is 0 Å². The molecule has 0 aromatic heterocycles. The molecule has 2 heteroatoms. The molecule has 0 aliphatic carbocycles. The van der Waals surface area contributed by atoms with Crippen molar-refractivity contribution in [3.8, 4) is 0 Å². The van der Waals surface area contributed by atoms with Crippen LogP contribution in [0.3, 0.4) is 0 Å². The van der Waals surface area contributed by atoms with Crippen molar-refractivity contribution in [2.45, 2.75) is 27.7 Å². The third-order valence-electron chi connectivity index (χ3n) is 3.36. The average Bonchev–Trinajstić information content (AvgIpc) is 3.02. The number of rotatable bonds is 0. The van der Waals surface area contributed by atoms with Crippen LogP contribution < -0.4 is 0 Å². The fourth-order valence-corrected chi connectivity index (χ4v) is 1.76. The number of hydrogen-bond donors (Lipinski definition) is 0. The Kier molecular flexibility index (Phi) is 11.2. The van der Waals surface area contributed by atoms with E-state index in [4.69, 9.17) is 11.6 Å². The van der Waals surface area contributed by atoms with Gasteiger partial charge in [-0.15, -0.1) is 0 Å². The van der Waals surface area contributed by atoms with Gasteiger partial charge in [-0.05, 0) is 12.1 Å². The van der Waals surface area contributed by atoms with Crippen LogP contribution in [-0.4, -0.2) is 0 Å². The van der Waals surface area contributed by atoms with Crippen molar-refractivity contribution >= 4 is 11.6 Å². The summed E-state index contributed by atoms with van der Waals surface area (Å²) < 4.78 is 0. The first-order valence-corrected chi connectivity index (χ1v) is 7.47. The molecule has 0 amide bonds. The van der Waals surface area contributed by atoms with Gasteiger partial charge in [-0.3, -0.25) is 0 Å². The summed E-state index contributed by atoms with van der Waals surface area (Å²) in [6, 6.07) is 22.1. The van der Waals surface area contributed by atoms with Gasteiger partial charge in [-0.1, -0.05) is 57.5 Å². The molecule has 0 bridgehead atoms. The Morgan fingerprint density at radius 2 is 1.09 bits per heavy atom. The van der Waals surface area contributed by atoms with Gasteiger partial charge < -0.3 is 0 Å². The smallest absolute Gasteiger partial charge is 0.213 e. The van der Waals surface area contributed by atoms with E-state index in [9.17, 15) is 0 Å². The number of halogens is 1. The third kappa shape index (κ3) is 8.52. The van der Waals surface area contributed by atoms with Crippen molar-refractivity contribution in [1.29, 1.82) is 0 Å². The molecule has 0 saturated heterocycles. The Balaban J connectivity index is 0.000000294. The Morgan fingerprint density at radius 3 is 1.23 bits per heavy atom. The van der Waals surface area contributed by atoms with Crippen LogP contribution in [0.4, 0.5) is 0 Å². The van der Waals surface area contributed by atoms with Crippen molar-refractivity contribution in [3.05, 3.63) is 94.0 Å². The van der Waals surface area contributed by atoms with Gasteiger partial charge in [-0.25, -0.2) is 24.3 Å². The molecule has 0 radical (unpaired) electrons. The topological polar surface area (TPSA) is 0 Å². The summed E-state index contributed by atoms with van der Waals surface area (Å²) in [6.07, 6.45) is 0. The minimum absolute atomic E-state index is 0. The van der Waals surface area contributed by atoms with E-state index in [0.717, 1.165) is 5.02 Å². The van der Waals surface area contributed by atoms with Crippen LogP contribution in [0.25, 0.3) is 0 Å². The second-order valence-electron chi connectivity index (χ2n) is 5.08. The predicted molar refractivity (Wildman–Crippen MR) is 94.5 cm³/mol. The van der Waals surface area contributed by atoms with E-state index in [1.165, 1.54) is 22.3 Å². The monoisotopic (exact) mass is 388 g/mol. The molecule has 3 aromatic rings. The Labute approximate surface area is 159 Å². The van der Waals surface area contributed by atoms with Gasteiger partial charge in [0.2, 0.25) is 0 Å². The maximum atomic E-state index is 5.54. The van der Waals surface area contributed by atoms with Gasteiger partial charge in [0.25, 0.3) is 0 Å². The van der Waals surface area contributed by atoms with Crippen LogP contribution in [0.5, 0.6) is 0 Å². The number of benzene rings is 1. The molecule has 22 heavy (non-hydrogen) atoms. The first-order valence-electron chi connectivity index (χ1n) is 7.09. The summed E-state index contributed by atoms with van der Waals surface area (Å²) in [7, 11) is 0. The fourth-order valence-electron chi connectivity index (χ4n) is 1.61. The van der Waals surface area contributed by atoms with E-state index in [2.05, 4.69) is 64.1 Å². The predicted octanol–water partition coefficient (Wildman–Crippen LogP) is 6.38. The molecule has 3 rings (SSSR count). The van der Waals surface area contributed by atoms with Gasteiger partial charge in [0.15, 0.2) is 0 Å². The van der Waals surface area contributed by atoms with E-state index in [-0.39, 0.29) is 26.2 Å². The van der Waals surface area contributed by atoms with Gasteiger partial charge in [0.05, 0.1) is 0 Å². The second kappa shape index (κ2) is 11.6. The van der Waals surface area contributed by atoms with Crippen LogP contribution in [0.1, 0.15) is 22.3 Å². The zero-order chi connectivity index (χ0) is 15.7. The van der Waals surface area contributed by atoms with Gasteiger partial charge in [0, 0.05) is 5.02 Å². The molecule has 0 spiro atoms. The summed E-state index contributed by atoms with van der Waals surface area (Å²) >= 11 is 5.54. The first kappa shape index (κ1) is 21.1. The molecule has 0 aliphatic heterocycles. The zero-order valence-electron chi connectivity index (χ0n) is 13.7. The van der Waals surface area contributed by atoms with Crippen LogP contribution in [0.15, 0.2) is 66.7 Å². The van der Waals surface area contributed by atoms with Crippen molar-refractivity contribution in [2.24, 2.45) is 0 Å². The molecule has 0 heterocycles. The normalized spacial score (nSPS) is 8.77. The van der Waals surface area contributed by atoms with E-state index >= 15 is 0 Å². The Bertz CT molecular complexity index is 549. The second-order valence-corrected chi connectivity index (χ2v) is 5.52. The van der Waals surface area contributed by atoms with Gasteiger partial charge in [0.1, 0.15) is 0 Å². The molecule has 0 aliphatic rings. The summed E-state index contributed by atoms with van der Waals surface area (Å²) in [6.45, 7) is 8.48. The number of hydrogen-bond acceptors (Lipinski definition) is 0. The summed E-state index contributed by atoms with van der Waals surface area (Å²) in [5.41, 5.74) is 5.56. The van der Waals surface area contributed by atoms with Gasteiger partial charge in [-0.2, -0.15) is 34.4 Å². The van der Waals surface area contributed by atoms with Crippen molar-refractivity contribution in [3.63, 3.8) is 0 Å². The Morgan fingerprint density at radius 1 is 0.682 bits per heavy atom. The molecule has 0 atom stereocenters. The zero-order valence-corrected chi connectivity index (χ0v) is 16.9. The summed E-state index contributed by atoms with van der Waals surface area (Å²) in [4.78, 5) is 0. The molecule has 0 nitrogen and oxygen atoms in total.